The van der Waals surface area contributed by atoms with E-state index in [2.05, 4.69) is 53.8 Å². The lowest BCUT2D eigenvalue weighted by molar-refractivity contribution is -0.386. The van der Waals surface area contributed by atoms with E-state index < -0.39 is 11.0 Å². The first-order chi connectivity index (χ1) is 21.3. The number of nitro groups is 1. The number of aryl methyl sites for hydroxylation is 1. The molecule has 0 spiro atoms. The van der Waals surface area contributed by atoms with Crippen molar-refractivity contribution in [3.63, 3.8) is 0 Å². The highest BCUT2D eigenvalue weighted by molar-refractivity contribution is 5.77. The highest BCUT2D eigenvalue weighted by Crippen LogP contribution is 2.38. The van der Waals surface area contributed by atoms with E-state index in [4.69, 9.17) is 20.2 Å². The molecule has 1 saturated carbocycles. The third kappa shape index (κ3) is 8.80. The van der Waals surface area contributed by atoms with Crippen LogP contribution in [-0.4, -0.2) is 24.5 Å². The van der Waals surface area contributed by atoms with Crippen molar-refractivity contribution in [1.29, 1.82) is 0 Å². The first-order valence-corrected chi connectivity index (χ1v) is 15.6. The number of methoxy groups -OCH3 is 1. The number of carbonyl (C=O) groups excluding carboxylic acids is 1. The van der Waals surface area contributed by atoms with Crippen LogP contribution in [0.15, 0.2) is 60.7 Å². The van der Waals surface area contributed by atoms with Crippen LogP contribution in [0.3, 0.4) is 0 Å². The van der Waals surface area contributed by atoms with E-state index >= 15 is 0 Å². The molecule has 0 saturated heterocycles. The number of ether oxygens (including phenoxy) is 2. The van der Waals surface area contributed by atoms with Crippen LogP contribution in [0.25, 0.3) is 0 Å². The number of hydrogen-bond donors (Lipinski definition) is 2. The molecule has 0 heterocycles. The maximum atomic E-state index is 13.2. The average molecular weight is 604 g/mol. The summed E-state index contributed by atoms with van der Waals surface area (Å²) in [5.41, 5.74) is 4.70. The van der Waals surface area contributed by atoms with Crippen LogP contribution in [-0.2, 0) is 9.63 Å². The lowest BCUT2D eigenvalue weighted by atomic mass is 9.85. The van der Waals surface area contributed by atoms with Gasteiger partial charge in [-0.15, -0.1) is 0 Å². The van der Waals surface area contributed by atoms with Gasteiger partial charge in [-0.1, -0.05) is 86.2 Å². The van der Waals surface area contributed by atoms with Gasteiger partial charge in [0.1, 0.15) is 6.10 Å². The Morgan fingerprint density at radius 3 is 2.18 bits per heavy atom. The molecule has 3 aromatic carbocycles. The van der Waals surface area contributed by atoms with Crippen LogP contribution >= 0.6 is 0 Å². The van der Waals surface area contributed by atoms with Crippen molar-refractivity contribution in [3.05, 3.63) is 98.6 Å². The largest absolute Gasteiger partial charge is 0.493 e. The fraction of sp³-hybridized carbons (Fsp3) is 0.457. The molecule has 1 aliphatic carbocycles. The SMILES string of the molecule is COc1cc(C(C)ON)c([N+](=O)[O-])cc1OCCCC(=O)NC(c1ccc(C)cc1)c1ccc(C2CCCCCCC2)cc1. The topological polar surface area (TPSA) is 126 Å². The number of amides is 1. The number of benzene rings is 3. The summed E-state index contributed by atoms with van der Waals surface area (Å²) in [5.74, 6) is 6.29. The molecule has 9 nitrogen and oxygen atoms in total. The Labute approximate surface area is 260 Å². The molecule has 0 radical (unpaired) electrons. The van der Waals surface area contributed by atoms with E-state index in [1.807, 2.05) is 6.92 Å². The lowest BCUT2D eigenvalue weighted by Crippen LogP contribution is -2.29. The second-order valence-corrected chi connectivity index (χ2v) is 11.7. The molecule has 1 fully saturated rings. The van der Waals surface area contributed by atoms with Crippen LogP contribution < -0.4 is 20.7 Å². The molecule has 236 valence electrons. The van der Waals surface area contributed by atoms with E-state index in [0.717, 1.165) is 16.7 Å². The maximum absolute atomic E-state index is 13.2. The maximum Gasteiger partial charge on any atom is 0.279 e. The smallest absolute Gasteiger partial charge is 0.279 e. The van der Waals surface area contributed by atoms with E-state index in [0.29, 0.717) is 18.1 Å². The highest BCUT2D eigenvalue weighted by Gasteiger charge is 2.24. The number of hydrogen-bond acceptors (Lipinski definition) is 7. The molecule has 4 rings (SSSR count). The van der Waals surface area contributed by atoms with E-state index in [9.17, 15) is 14.9 Å². The van der Waals surface area contributed by atoms with Gasteiger partial charge >= 0.3 is 0 Å². The summed E-state index contributed by atoms with van der Waals surface area (Å²) in [6, 6.07) is 19.5. The normalized spacial score (nSPS) is 15.5. The van der Waals surface area contributed by atoms with Crippen LogP contribution in [0.2, 0.25) is 0 Å². The molecule has 3 N–H and O–H groups in total. The number of nitrogens with one attached hydrogen (secondary N) is 1. The summed E-state index contributed by atoms with van der Waals surface area (Å²) in [7, 11) is 1.45. The molecular formula is C35H45N3O6. The van der Waals surface area contributed by atoms with Crippen molar-refractivity contribution < 1.29 is 24.0 Å². The molecule has 1 aliphatic rings. The average Bonchev–Trinajstić information content (AvgIpc) is 3.01. The Morgan fingerprint density at radius 1 is 0.977 bits per heavy atom. The van der Waals surface area contributed by atoms with Crippen LogP contribution in [0.4, 0.5) is 5.69 Å². The predicted octanol–water partition coefficient (Wildman–Crippen LogP) is 7.76. The minimum atomic E-state index is -0.707. The van der Waals surface area contributed by atoms with Gasteiger partial charge in [0.05, 0.1) is 36.3 Å². The van der Waals surface area contributed by atoms with Gasteiger partial charge < -0.3 is 14.8 Å². The first-order valence-electron chi connectivity index (χ1n) is 15.6. The van der Waals surface area contributed by atoms with Gasteiger partial charge in [-0.3, -0.25) is 19.7 Å². The quantitative estimate of drug-likeness (QED) is 0.116. The minimum absolute atomic E-state index is 0.106. The number of nitrogens with zero attached hydrogens (tertiary/aromatic N) is 1. The molecule has 44 heavy (non-hydrogen) atoms. The van der Waals surface area contributed by atoms with E-state index in [-0.39, 0.29) is 42.0 Å². The molecule has 2 unspecified atom stereocenters. The zero-order valence-corrected chi connectivity index (χ0v) is 26.1. The summed E-state index contributed by atoms with van der Waals surface area (Å²) in [4.78, 5) is 29.1. The molecule has 0 aromatic heterocycles. The van der Waals surface area contributed by atoms with E-state index in [1.54, 1.807) is 6.92 Å². The van der Waals surface area contributed by atoms with Crippen molar-refractivity contribution in [2.75, 3.05) is 13.7 Å². The second kappa shape index (κ2) is 16.2. The number of carbonyl (C=O) groups is 1. The summed E-state index contributed by atoms with van der Waals surface area (Å²) in [6.45, 7) is 3.83. The Balaban J connectivity index is 1.41. The third-order valence-electron chi connectivity index (χ3n) is 8.52. The van der Waals surface area contributed by atoms with Crippen molar-refractivity contribution >= 4 is 11.6 Å². The molecular weight excluding hydrogens is 558 g/mol. The van der Waals surface area contributed by atoms with Crippen LogP contribution in [0.1, 0.15) is 111 Å². The Kier molecular flexibility index (Phi) is 12.1. The van der Waals surface area contributed by atoms with Gasteiger partial charge in [0.2, 0.25) is 5.91 Å². The van der Waals surface area contributed by atoms with Gasteiger partial charge in [-0.05, 0) is 61.8 Å². The van der Waals surface area contributed by atoms with Gasteiger partial charge in [-0.2, -0.15) is 0 Å². The van der Waals surface area contributed by atoms with Gasteiger partial charge in [0, 0.05) is 6.42 Å². The molecule has 0 bridgehead atoms. The molecule has 9 heteroatoms. The molecule has 3 aromatic rings. The summed E-state index contributed by atoms with van der Waals surface area (Å²) in [6.07, 6.45) is 8.98. The van der Waals surface area contributed by atoms with Crippen LogP contribution in [0.5, 0.6) is 11.5 Å². The van der Waals surface area contributed by atoms with Crippen molar-refractivity contribution in [2.24, 2.45) is 5.90 Å². The Hall–Kier alpha value is -3.95. The van der Waals surface area contributed by atoms with Crippen molar-refractivity contribution in [1.82, 2.24) is 5.32 Å². The summed E-state index contributed by atoms with van der Waals surface area (Å²) in [5, 5.41) is 14.9. The zero-order chi connectivity index (χ0) is 31.5. The third-order valence-corrected chi connectivity index (χ3v) is 8.52. The highest BCUT2D eigenvalue weighted by atomic mass is 16.6. The van der Waals surface area contributed by atoms with E-state index in [1.165, 1.54) is 69.8 Å². The van der Waals surface area contributed by atoms with Gasteiger partial charge in [0.25, 0.3) is 5.69 Å². The first kappa shape index (κ1) is 33.0. The fourth-order valence-corrected chi connectivity index (χ4v) is 5.91. The summed E-state index contributed by atoms with van der Waals surface area (Å²) < 4.78 is 11.2. The standard InChI is InChI=1S/C35H45N3O6/c1-24-13-15-28(16-14-24)35(29-19-17-27(18-20-29)26-10-7-5-4-6-8-11-26)37-34(39)12-9-21-43-33-23-31(38(40)41)30(25(2)44-36)22-32(33)42-3/h13-20,22-23,25-26,35H,4-12,21,36H2,1-3H3,(H,37,39). The lowest BCUT2D eigenvalue weighted by Gasteiger charge is -2.23. The Bertz CT molecular complexity index is 1370. The monoisotopic (exact) mass is 603 g/mol. The zero-order valence-electron chi connectivity index (χ0n) is 26.1. The van der Waals surface area contributed by atoms with Gasteiger partial charge in [-0.25, -0.2) is 5.90 Å². The van der Waals surface area contributed by atoms with Gasteiger partial charge in [0.15, 0.2) is 11.5 Å². The Morgan fingerprint density at radius 2 is 1.59 bits per heavy atom. The van der Waals surface area contributed by atoms with Crippen molar-refractivity contribution in [2.45, 2.75) is 89.7 Å². The molecule has 1 amide bonds. The van der Waals surface area contributed by atoms with Crippen LogP contribution in [0, 0.1) is 17.0 Å². The molecule has 0 aliphatic heterocycles. The number of nitrogens with two attached hydrogens (primary N) is 1. The number of nitro benzene ring substituents is 1. The fourth-order valence-electron chi connectivity index (χ4n) is 5.91. The predicted molar refractivity (Wildman–Crippen MR) is 171 cm³/mol. The number of rotatable bonds is 13. The minimum Gasteiger partial charge on any atom is -0.493 e. The molecule has 2 atom stereocenters. The van der Waals surface area contributed by atoms with Crippen molar-refractivity contribution in [3.8, 4) is 11.5 Å². The summed E-state index contributed by atoms with van der Waals surface area (Å²) >= 11 is 0. The second-order valence-electron chi connectivity index (χ2n) is 11.7.